The zero-order valence-corrected chi connectivity index (χ0v) is 10.7. The van der Waals surface area contributed by atoms with Gasteiger partial charge in [-0.3, -0.25) is 4.98 Å². The Labute approximate surface area is 102 Å². The molecule has 2 N–H and O–H groups in total. The highest BCUT2D eigenvalue weighted by Crippen LogP contribution is 2.45. The summed E-state index contributed by atoms with van der Waals surface area (Å²) >= 11 is 0. The first-order valence-electron chi connectivity index (χ1n) is 5.57. The van der Waals surface area contributed by atoms with Gasteiger partial charge in [0.25, 0.3) is 0 Å². The van der Waals surface area contributed by atoms with Crippen LogP contribution in [0.5, 0.6) is 0 Å². The standard InChI is InChI=1S/C11H17N3O2S/c1-14(9-11(8-12)4-5-11)17(15,16)10-3-2-6-13-7-10/h2-3,6-7H,4-5,8-9,12H2,1H3. The van der Waals surface area contributed by atoms with E-state index in [2.05, 4.69) is 4.98 Å². The van der Waals surface area contributed by atoms with Gasteiger partial charge in [0.05, 0.1) is 0 Å². The highest BCUT2D eigenvalue weighted by Gasteiger charge is 2.43. The Kier molecular flexibility index (Phi) is 3.20. The number of rotatable bonds is 5. The fraction of sp³-hybridized carbons (Fsp3) is 0.545. The van der Waals surface area contributed by atoms with Crippen molar-refractivity contribution in [1.82, 2.24) is 9.29 Å². The normalized spacial score (nSPS) is 18.3. The molecule has 0 amide bonds. The predicted molar refractivity (Wildman–Crippen MR) is 64.8 cm³/mol. The van der Waals surface area contributed by atoms with E-state index in [1.165, 1.54) is 10.5 Å². The number of hydrogen-bond acceptors (Lipinski definition) is 4. The van der Waals surface area contributed by atoms with Crippen LogP contribution in [0, 0.1) is 5.41 Å². The zero-order chi connectivity index (χ0) is 12.5. The Bertz CT molecular complexity index is 483. The van der Waals surface area contributed by atoms with E-state index in [0.717, 1.165) is 12.8 Å². The van der Waals surface area contributed by atoms with Gasteiger partial charge in [0.15, 0.2) is 0 Å². The van der Waals surface area contributed by atoms with Crippen LogP contribution in [-0.4, -0.2) is 37.8 Å². The van der Waals surface area contributed by atoms with Crippen molar-refractivity contribution in [3.05, 3.63) is 24.5 Å². The minimum absolute atomic E-state index is 0.00400. The molecule has 17 heavy (non-hydrogen) atoms. The summed E-state index contributed by atoms with van der Waals surface area (Å²) in [5, 5.41) is 0. The van der Waals surface area contributed by atoms with Crippen molar-refractivity contribution in [2.45, 2.75) is 17.7 Å². The summed E-state index contributed by atoms with van der Waals surface area (Å²) in [6, 6.07) is 3.18. The molecule has 1 fully saturated rings. The quantitative estimate of drug-likeness (QED) is 0.828. The van der Waals surface area contributed by atoms with Gasteiger partial charge in [-0.1, -0.05) is 0 Å². The molecule has 1 aromatic rings. The molecule has 94 valence electrons. The molecule has 1 heterocycles. The van der Waals surface area contributed by atoms with Gasteiger partial charge in [-0.25, -0.2) is 12.7 Å². The Balaban J connectivity index is 2.16. The van der Waals surface area contributed by atoms with E-state index in [0.29, 0.717) is 13.1 Å². The molecule has 0 unspecified atom stereocenters. The van der Waals surface area contributed by atoms with Crippen molar-refractivity contribution in [3.63, 3.8) is 0 Å². The van der Waals surface area contributed by atoms with E-state index >= 15 is 0 Å². The summed E-state index contributed by atoms with van der Waals surface area (Å²) in [6.07, 6.45) is 4.95. The van der Waals surface area contributed by atoms with Crippen molar-refractivity contribution < 1.29 is 8.42 Å². The van der Waals surface area contributed by atoms with Gasteiger partial charge >= 0.3 is 0 Å². The van der Waals surface area contributed by atoms with Crippen LogP contribution in [0.25, 0.3) is 0 Å². The largest absolute Gasteiger partial charge is 0.330 e. The van der Waals surface area contributed by atoms with E-state index in [9.17, 15) is 8.42 Å². The summed E-state index contributed by atoms with van der Waals surface area (Å²) in [4.78, 5) is 4.07. The molecule has 0 atom stereocenters. The average Bonchev–Trinajstić information content (AvgIpc) is 3.10. The molecular weight excluding hydrogens is 238 g/mol. The summed E-state index contributed by atoms with van der Waals surface area (Å²) in [5.74, 6) is 0. The Morgan fingerprint density at radius 2 is 2.24 bits per heavy atom. The third-order valence-corrected chi connectivity index (χ3v) is 5.08. The zero-order valence-electron chi connectivity index (χ0n) is 9.83. The second-order valence-corrected chi connectivity index (χ2v) is 6.70. The number of aromatic nitrogens is 1. The highest BCUT2D eigenvalue weighted by molar-refractivity contribution is 7.89. The van der Waals surface area contributed by atoms with Gasteiger partial charge in [0, 0.05) is 26.0 Å². The van der Waals surface area contributed by atoms with Crippen LogP contribution in [0.2, 0.25) is 0 Å². The first-order valence-corrected chi connectivity index (χ1v) is 7.01. The van der Waals surface area contributed by atoms with E-state index < -0.39 is 10.0 Å². The summed E-state index contributed by atoms with van der Waals surface area (Å²) in [7, 11) is -1.83. The van der Waals surface area contributed by atoms with E-state index in [1.807, 2.05) is 0 Å². The van der Waals surface area contributed by atoms with E-state index in [4.69, 9.17) is 5.73 Å². The van der Waals surface area contributed by atoms with Gasteiger partial charge in [-0.15, -0.1) is 0 Å². The lowest BCUT2D eigenvalue weighted by Crippen LogP contribution is -2.35. The maximum Gasteiger partial charge on any atom is 0.244 e. The topological polar surface area (TPSA) is 76.3 Å². The molecule has 0 bridgehead atoms. The molecule has 5 nitrogen and oxygen atoms in total. The molecule has 0 aliphatic heterocycles. The molecule has 1 aromatic heterocycles. The predicted octanol–water partition coefficient (Wildman–Crippen LogP) is 0.441. The van der Waals surface area contributed by atoms with Gasteiger partial charge < -0.3 is 5.73 Å². The monoisotopic (exact) mass is 255 g/mol. The molecule has 1 saturated carbocycles. The lowest BCUT2D eigenvalue weighted by molar-refractivity contribution is 0.371. The van der Waals surface area contributed by atoms with Gasteiger partial charge in [0.1, 0.15) is 4.90 Å². The van der Waals surface area contributed by atoms with Crippen LogP contribution in [0.3, 0.4) is 0 Å². The fourth-order valence-electron chi connectivity index (χ4n) is 1.84. The fourth-order valence-corrected chi connectivity index (χ4v) is 3.09. The Morgan fingerprint density at radius 1 is 1.53 bits per heavy atom. The first kappa shape index (κ1) is 12.5. The second kappa shape index (κ2) is 4.36. The maximum absolute atomic E-state index is 12.2. The second-order valence-electron chi connectivity index (χ2n) is 4.65. The minimum atomic E-state index is -3.43. The molecule has 6 heteroatoms. The van der Waals surface area contributed by atoms with Crippen LogP contribution in [-0.2, 0) is 10.0 Å². The molecule has 0 saturated heterocycles. The van der Waals surface area contributed by atoms with Crippen LogP contribution in [0.15, 0.2) is 29.4 Å². The van der Waals surface area contributed by atoms with Crippen molar-refractivity contribution >= 4 is 10.0 Å². The van der Waals surface area contributed by atoms with Crippen LogP contribution < -0.4 is 5.73 Å². The molecule has 0 spiro atoms. The van der Waals surface area contributed by atoms with Crippen LogP contribution >= 0.6 is 0 Å². The summed E-state index contributed by atoms with van der Waals surface area (Å²) < 4.78 is 25.8. The van der Waals surface area contributed by atoms with Gasteiger partial charge in [-0.2, -0.15) is 0 Å². The van der Waals surface area contributed by atoms with Gasteiger partial charge in [0.2, 0.25) is 10.0 Å². The Hall–Kier alpha value is -0.980. The van der Waals surface area contributed by atoms with E-state index in [-0.39, 0.29) is 10.3 Å². The number of nitrogens with zero attached hydrogens (tertiary/aromatic N) is 2. The lowest BCUT2D eigenvalue weighted by Gasteiger charge is -2.22. The molecular formula is C11H17N3O2S. The number of hydrogen-bond donors (Lipinski definition) is 1. The SMILES string of the molecule is CN(CC1(CN)CC1)S(=O)(=O)c1cccnc1. The Morgan fingerprint density at radius 3 is 2.71 bits per heavy atom. The van der Waals surface area contributed by atoms with Crippen molar-refractivity contribution in [1.29, 1.82) is 0 Å². The number of sulfonamides is 1. The minimum Gasteiger partial charge on any atom is -0.330 e. The summed E-state index contributed by atoms with van der Waals surface area (Å²) in [6.45, 7) is 1.03. The highest BCUT2D eigenvalue weighted by atomic mass is 32.2. The van der Waals surface area contributed by atoms with Crippen LogP contribution in [0.4, 0.5) is 0 Å². The molecule has 1 aliphatic carbocycles. The number of nitrogens with two attached hydrogens (primary N) is 1. The van der Waals surface area contributed by atoms with Crippen molar-refractivity contribution in [3.8, 4) is 0 Å². The third kappa shape index (κ3) is 2.48. The van der Waals surface area contributed by atoms with Crippen molar-refractivity contribution in [2.24, 2.45) is 11.1 Å². The average molecular weight is 255 g/mol. The maximum atomic E-state index is 12.2. The molecule has 0 radical (unpaired) electrons. The summed E-state index contributed by atoms with van der Waals surface area (Å²) in [5.41, 5.74) is 5.67. The third-order valence-electron chi connectivity index (χ3n) is 3.29. The molecule has 1 aliphatic rings. The number of pyridine rings is 1. The van der Waals surface area contributed by atoms with Gasteiger partial charge in [-0.05, 0) is 36.9 Å². The first-order chi connectivity index (χ1) is 8.00. The smallest absolute Gasteiger partial charge is 0.244 e. The van der Waals surface area contributed by atoms with E-state index in [1.54, 1.807) is 25.4 Å². The van der Waals surface area contributed by atoms with Crippen LogP contribution in [0.1, 0.15) is 12.8 Å². The molecule has 2 rings (SSSR count). The van der Waals surface area contributed by atoms with Crippen molar-refractivity contribution in [2.75, 3.05) is 20.1 Å². The lowest BCUT2D eigenvalue weighted by atomic mass is 10.1. The molecule has 0 aromatic carbocycles.